The number of aromatic nitrogens is 1. The maximum absolute atomic E-state index is 13.2. The molecule has 5 rings (SSSR count). The summed E-state index contributed by atoms with van der Waals surface area (Å²) >= 11 is 0. The molecule has 2 aromatic heterocycles. The second kappa shape index (κ2) is 6.73. The van der Waals surface area contributed by atoms with Crippen LogP contribution in [0, 0.1) is 5.92 Å². The minimum Gasteiger partial charge on any atom is -0.494 e. The van der Waals surface area contributed by atoms with Gasteiger partial charge in [-0.2, -0.15) is 0 Å². The lowest BCUT2D eigenvalue weighted by molar-refractivity contribution is 0.0711. The third-order valence-corrected chi connectivity index (χ3v) is 5.87. The molecule has 2 saturated carbocycles. The molecular weight excluding hydrogens is 352 g/mol. The monoisotopic (exact) mass is 378 g/mol. The van der Waals surface area contributed by atoms with Crippen LogP contribution in [0.4, 0.5) is 0 Å². The number of benzene rings is 1. The summed E-state index contributed by atoms with van der Waals surface area (Å²) in [7, 11) is 0. The molecule has 3 aromatic rings. The van der Waals surface area contributed by atoms with Crippen LogP contribution in [0.25, 0.3) is 10.9 Å². The molecule has 2 aliphatic carbocycles. The van der Waals surface area contributed by atoms with Crippen molar-refractivity contribution < 1.29 is 13.9 Å². The maximum Gasteiger partial charge on any atom is 0.270 e. The molecule has 2 atom stereocenters. The molecule has 1 N–H and O–H groups in total. The third kappa shape index (κ3) is 3.30. The highest BCUT2D eigenvalue weighted by molar-refractivity contribution is 5.98. The van der Waals surface area contributed by atoms with E-state index in [9.17, 15) is 4.79 Å². The van der Waals surface area contributed by atoms with Crippen molar-refractivity contribution in [1.29, 1.82) is 0 Å². The number of ether oxygens (including phenoxy) is 1. The standard InChI is InChI=1S/C23H26N2O3/c1-3-27-17-7-4-15-11-21(24-20(15)12-17)23(26)25(16-5-6-16)13-18-8-9-22(28-18)19-10-14(19)2/h4,7-9,11-12,14,16,19,24H,3,5-6,10,13H2,1-2H3/t14-,19+/m1/s1. The Bertz CT molecular complexity index is 1010. The van der Waals surface area contributed by atoms with Crippen LogP contribution >= 0.6 is 0 Å². The van der Waals surface area contributed by atoms with Crippen LogP contribution < -0.4 is 4.74 Å². The van der Waals surface area contributed by atoms with Crippen molar-refractivity contribution in [2.24, 2.45) is 5.92 Å². The maximum atomic E-state index is 13.2. The van der Waals surface area contributed by atoms with E-state index in [0.717, 1.165) is 41.0 Å². The van der Waals surface area contributed by atoms with E-state index in [1.54, 1.807) is 0 Å². The number of amides is 1. The molecule has 1 amide bonds. The first-order valence-electron chi connectivity index (χ1n) is 10.3. The van der Waals surface area contributed by atoms with Crippen LogP contribution in [0.5, 0.6) is 5.75 Å². The summed E-state index contributed by atoms with van der Waals surface area (Å²) in [4.78, 5) is 18.5. The van der Waals surface area contributed by atoms with Gasteiger partial charge in [-0.05, 0) is 62.4 Å². The normalized spacial score (nSPS) is 21.1. The van der Waals surface area contributed by atoms with Gasteiger partial charge in [0.2, 0.25) is 0 Å². The second-order valence-electron chi connectivity index (χ2n) is 8.15. The summed E-state index contributed by atoms with van der Waals surface area (Å²) in [6, 6.07) is 12.2. The highest BCUT2D eigenvalue weighted by Crippen LogP contribution is 2.47. The highest BCUT2D eigenvalue weighted by Gasteiger charge is 2.38. The van der Waals surface area contributed by atoms with Gasteiger partial charge in [0.1, 0.15) is 23.0 Å². The molecule has 0 saturated heterocycles. The highest BCUT2D eigenvalue weighted by atomic mass is 16.5. The molecule has 2 heterocycles. The second-order valence-corrected chi connectivity index (χ2v) is 8.15. The first-order valence-corrected chi connectivity index (χ1v) is 10.3. The van der Waals surface area contributed by atoms with Gasteiger partial charge >= 0.3 is 0 Å². The number of fused-ring (bicyclic) bond motifs is 1. The molecule has 0 aliphatic heterocycles. The van der Waals surface area contributed by atoms with Gasteiger partial charge in [0, 0.05) is 28.9 Å². The van der Waals surface area contributed by atoms with E-state index in [0.29, 0.717) is 36.7 Å². The number of rotatable bonds is 7. The van der Waals surface area contributed by atoms with Crippen LogP contribution in [-0.2, 0) is 6.54 Å². The Hall–Kier alpha value is -2.69. The van der Waals surface area contributed by atoms with Gasteiger partial charge in [-0.1, -0.05) is 6.92 Å². The fourth-order valence-electron chi connectivity index (χ4n) is 3.95. The minimum absolute atomic E-state index is 0.0365. The molecule has 0 bridgehead atoms. The summed E-state index contributed by atoms with van der Waals surface area (Å²) in [5.74, 6) is 4.07. The van der Waals surface area contributed by atoms with E-state index in [-0.39, 0.29) is 5.91 Å². The number of carbonyl (C=O) groups is 1. The zero-order valence-corrected chi connectivity index (χ0v) is 16.4. The molecule has 0 unspecified atom stereocenters. The fraction of sp³-hybridized carbons (Fsp3) is 0.435. The van der Waals surface area contributed by atoms with Crippen LogP contribution in [0.2, 0.25) is 0 Å². The fourth-order valence-corrected chi connectivity index (χ4v) is 3.95. The summed E-state index contributed by atoms with van der Waals surface area (Å²) in [6.45, 7) is 5.37. The summed E-state index contributed by atoms with van der Waals surface area (Å²) in [5.41, 5.74) is 1.55. The number of nitrogens with zero attached hydrogens (tertiary/aromatic N) is 1. The van der Waals surface area contributed by atoms with Gasteiger partial charge in [-0.15, -0.1) is 0 Å². The first kappa shape index (κ1) is 17.4. The van der Waals surface area contributed by atoms with Crippen molar-refractivity contribution in [2.75, 3.05) is 6.61 Å². The number of furan rings is 1. The van der Waals surface area contributed by atoms with Crippen LogP contribution in [0.1, 0.15) is 61.0 Å². The van der Waals surface area contributed by atoms with Crippen LogP contribution in [0.3, 0.4) is 0 Å². The van der Waals surface area contributed by atoms with Gasteiger partial charge in [-0.3, -0.25) is 4.79 Å². The molecule has 28 heavy (non-hydrogen) atoms. The Morgan fingerprint density at radius 2 is 2.07 bits per heavy atom. The zero-order chi connectivity index (χ0) is 19.3. The van der Waals surface area contributed by atoms with Crippen molar-refractivity contribution in [2.45, 2.75) is 51.6 Å². The Morgan fingerprint density at radius 1 is 1.25 bits per heavy atom. The Labute approximate surface area is 164 Å². The Morgan fingerprint density at radius 3 is 2.79 bits per heavy atom. The van der Waals surface area contributed by atoms with Gasteiger partial charge in [0.15, 0.2) is 0 Å². The zero-order valence-electron chi connectivity index (χ0n) is 16.4. The van der Waals surface area contributed by atoms with E-state index in [4.69, 9.17) is 9.15 Å². The first-order chi connectivity index (χ1) is 13.6. The SMILES string of the molecule is CCOc1ccc2cc(C(=O)N(Cc3ccc([C@H]4C[C@H]4C)o3)C3CC3)[nH]c2c1. The molecule has 2 fully saturated rings. The predicted molar refractivity (Wildman–Crippen MR) is 108 cm³/mol. The van der Waals surface area contributed by atoms with Gasteiger partial charge in [0.05, 0.1) is 13.2 Å². The minimum atomic E-state index is 0.0365. The molecule has 5 nitrogen and oxygen atoms in total. The van der Waals surface area contributed by atoms with Crippen molar-refractivity contribution >= 4 is 16.8 Å². The summed E-state index contributed by atoms with van der Waals surface area (Å²) in [6.07, 6.45) is 3.33. The van der Waals surface area contributed by atoms with E-state index in [1.165, 1.54) is 6.42 Å². The van der Waals surface area contributed by atoms with Crippen molar-refractivity contribution in [3.05, 3.63) is 53.6 Å². The lowest BCUT2D eigenvalue weighted by Crippen LogP contribution is -2.32. The van der Waals surface area contributed by atoms with E-state index >= 15 is 0 Å². The molecule has 0 spiro atoms. The number of carbonyl (C=O) groups excluding carboxylic acids is 1. The quantitative estimate of drug-likeness (QED) is 0.623. The van der Waals surface area contributed by atoms with Crippen molar-refractivity contribution in [3.63, 3.8) is 0 Å². The average Bonchev–Trinajstić information content (AvgIpc) is 3.56. The lowest BCUT2D eigenvalue weighted by Gasteiger charge is -2.20. The average molecular weight is 378 g/mol. The van der Waals surface area contributed by atoms with Crippen molar-refractivity contribution in [1.82, 2.24) is 9.88 Å². The van der Waals surface area contributed by atoms with E-state index in [1.807, 2.05) is 42.2 Å². The molecule has 2 aliphatic rings. The van der Waals surface area contributed by atoms with Gasteiger partial charge < -0.3 is 19.0 Å². The number of hydrogen-bond donors (Lipinski definition) is 1. The molecule has 146 valence electrons. The van der Waals surface area contributed by atoms with Gasteiger partial charge in [-0.25, -0.2) is 0 Å². The molecular formula is C23H26N2O3. The molecule has 1 aromatic carbocycles. The Balaban J connectivity index is 1.37. The number of nitrogens with one attached hydrogen (secondary N) is 1. The summed E-state index contributed by atoms with van der Waals surface area (Å²) in [5, 5.41) is 1.02. The number of aromatic amines is 1. The van der Waals surface area contributed by atoms with Gasteiger partial charge in [0.25, 0.3) is 5.91 Å². The Kier molecular flexibility index (Phi) is 4.18. The largest absolute Gasteiger partial charge is 0.494 e. The number of H-pyrrole nitrogens is 1. The lowest BCUT2D eigenvalue weighted by atomic mass is 10.2. The van der Waals surface area contributed by atoms with Crippen LogP contribution in [0.15, 0.2) is 40.8 Å². The molecule has 0 radical (unpaired) electrons. The summed E-state index contributed by atoms with van der Waals surface area (Å²) < 4.78 is 11.6. The van der Waals surface area contributed by atoms with Crippen molar-refractivity contribution in [3.8, 4) is 5.75 Å². The third-order valence-electron chi connectivity index (χ3n) is 5.87. The number of hydrogen-bond acceptors (Lipinski definition) is 3. The van der Waals surface area contributed by atoms with E-state index in [2.05, 4.69) is 18.0 Å². The molecule has 5 heteroatoms. The smallest absolute Gasteiger partial charge is 0.270 e. The van der Waals surface area contributed by atoms with Crippen LogP contribution in [-0.4, -0.2) is 28.4 Å². The predicted octanol–water partition coefficient (Wildman–Crippen LogP) is 5.09. The van der Waals surface area contributed by atoms with E-state index < -0.39 is 0 Å². The topological polar surface area (TPSA) is 58.5 Å².